The number of hydrogen-bond donors (Lipinski definition) is 0. The number of halogens is 1. The summed E-state index contributed by atoms with van der Waals surface area (Å²) in [6.07, 6.45) is 4.75. The summed E-state index contributed by atoms with van der Waals surface area (Å²) < 4.78 is 6.05. The standard InChI is InChI=1S/C16H23ClO/c1-4-7-16(3,11-17)10-14-9-13-8-12(2)5-6-15(13)18-14/h5-6,8,14H,4,7,9-11H2,1-3H3. The summed E-state index contributed by atoms with van der Waals surface area (Å²) in [5.41, 5.74) is 2.87. The Kier molecular flexibility index (Phi) is 4.21. The Hall–Kier alpha value is -0.690. The van der Waals surface area contributed by atoms with Gasteiger partial charge in [0.2, 0.25) is 0 Å². The molecular weight excluding hydrogens is 244 g/mol. The minimum absolute atomic E-state index is 0.206. The monoisotopic (exact) mass is 266 g/mol. The summed E-state index contributed by atoms with van der Waals surface area (Å²) in [6, 6.07) is 6.46. The van der Waals surface area contributed by atoms with Gasteiger partial charge < -0.3 is 4.74 Å². The number of benzene rings is 1. The first-order valence-corrected chi connectivity index (χ1v) is 7.42. The van der Waals surface area contributed by atoms with E-state index < -0.39 is 0 Å². The van der Waals surface area contributed by atoms with Crippen LogP contribution in [0, 0.1) is 12.3 Å². The molecule has 1 aromatic rings. The Morgan fingerprint density at radius 1 is 1.44 bits per heavy atom. The third kappa shape index (κ3) is 3.00. The molecule has 18 heavy (non-hydrogen) atoms. The SMILES string of the molecule is CCCC(C)(CCl)CC1Cc2cc(C)ccc2O1. The fourth-order valence-corrected chi connectivity index (χ4v) is 3.18. The van der Waals surface area contributed by atoms with E-state index in [1.165, 1.54) is 24.0 Å². The molecule has 2 rings (SSSR count). The minimum atomic E-state index is 0.206. The van der Waals surface area contributed by atoms with Crippen molar-refractivity contribution in [2.24, 2.45) is 5.41 Å². The molecule has 0 spiro atoms. The van der Waals surface area contributed by atoms with Crippen LogP contribution in [0.25, 0.3) is 0 Å². The van der Waals surface area contributed by atoms with E-state index in [0.29, 0.717) is 6.10 Å². The molecule has 0 fully saturated rings. The third-order valence-electron chi connectivity index (χ3n) is 3.85. The molecule has 2 atom stereocenters. The summed E-state index contributed by atoms with van der Waals surface area (Å²) >= 11 is 6.15. The highest BCUT2D eigenvalue weighted by Crippen LogP contribution is 2.37. The second-order valence-electron chi connectivity index (χ2n) is 5.95. The summed E-state index contributed by atoms with van der Waals surface area (Å²) in [5, 5.41) is 0. The zero-order valence-corrected chi connectivity index (χ0v) is 12.4. The highest BCUT2D eigenvalue weighted by Gasteiger charge is 2.31. The van der Waals surface area contributed by atoms with Crippen LogP contribution in [0.1, 0.15) is 44.2 Å². The normalized spacial score (nSPS) is 21.2. The van der Waals surface area contributed by atoms with Crippen molar-refractivity contribution in [1.29, 1.82) is 0 Å². The van der Waals surface area contributed by atoms with Crippen LogP contribution in [0.4, 0.5) is 0 Å². The van der Waals surface area contributed by atoms with Crippen LogP contribution in [0.5, 0.6) is 5.75 Å². The first-order valence-electron chi connectivity index (χ1n) is 6.88. The predicted molar refractivity (Wildman–Crippen MR) is 77.7 cm³/mol. The Morgan fingerprint density at radius 2 is 2.22 bits per heavy atom. The van der Waals surface area contributed by atoms with Crippen molar-refractivity contribution in [3.63, 3.8) is 0 Å². The smallest absolute Gasteiger partial charge is 0.123 e. The van der Waals surface area contributed by atoms with Crippen LogP contribution in [0.3, 0.4) is 0 Å². The van der Waals surface area contributed by atoms with Gasteiger partial charge in [-0.1, -0.05) is 38.0 Å². The van der Waals surface area contributed by atoms with Gasteiger partial charge in [0.05, 0.1) is 0 Å². The van der Waals surface area contributed by atoms with E-state index in [4.69, 9.17) is 16.3 Å². The van der Waals surface area contributed by atoms with Crippen LogP contribution >= 0.6 is 11.6 Å². The molecule has 1 aliphatic rings. The number of ether oxygens (including phenoxy) is 1. The fourth-order valence-electron chi connectivity index (χ4n) is 2.94. The van der Waals surface area contributed by atoms with Crippen molar-refractivity contribution in [2.45, 2.75) is 52.6 Å². The van der Waals surface area contributed by atoms with Gasteiger partial charge >= 0.3 is 0 Å². The highest BCUT2D eigenvalue weighted by molar-refractivity contribution is 6.18. The molecular formula is C16H23ClO. The zero-order chi connectivity index (χ0) is 13.2. The van der Waals surface area contributed by atoms with E-state index in [1.807, 2.05) is 0 Å². The van der Waals surface area contributed by atoms with Gasteiger partial charge in [0.25, 0.3) is 0 Å². The molecule has 0 amide bonds. The van der Waals surface area contributed by atoms with Gasteiger partial charge in [-0.2, -0.15) is 0 Å². The lowest BCUT2D eigenvalue weighted by atomic mass is 9.81. The topological polar surface area (TPSA) is 9.23 Å². The van der Waals surface area contributed by atoms with Gasteiger partial charge in [0.1, 0.15) is 11.9 Å². The second kappa shape index (κ2) is 5.52. The van der Waals surface area contributed by atoms with Crippen molar-refractivity contribution in [3.05, 3.63) is 29.3 Å². The molecule has 0 N–H and O–H groups in total. The molecule has 0 aromatic heterocycles. The van der Waals surface area contributed by atoms with Crippen molar-refractivity contribution in [3.8, 4) is 5.75 Å². The van der Waals surface area contributed by atoms with Crippen LogP contribution in [-0.2, 0) is 6.42 Å². The minimum Gasteiger partial charge on any atom is -0.490 e. The maximum Gasteiger partial charge on any atom is 0.123 e. The van der Waals surface area contributed by atoms with Crippen molar-refractivity contribution in [1.82, 2.24) is 0 Å². The van der Waals surface area contributed by atoms with Gasteiger partial charge in [-0.3, -0.25) is 0 Å². The average molecular weight is 267 g/mol. The molecule has 1 heterocycles. The van der Waals surface area contributed by atoms with Crippen LogP contribution in [0.15, 0.2) is 18.2 Å². The Bertz CT molecular complexity index is 416. The maximum absolute atomic E-state index is 6.15. The lowest BCUT2D eigenvalue weighted by molar-refractivity contribution is 0.151. The molecule has 0 aliphatic carbocycles. The van der Waals surface area contributed by atoms with Crippen molar-refractivity contribution >= 4 is 11.6 Å². The molecule has 1 nitrogen and oxygen atoms in total. The number of fused-ring (bicyclic) bond motifs is 1. The van der Waals surface area contributed by atoms with Gasteiger partial charge in [0.15, 0.2) is 0 Å². The summed E-state index contributed by atoms with van der Waals surface area (Å²) in [7, 11) is 0. The summed E-state index contributed by atoms with van der Waals surface area (Å²) in [6.45, 7) is 6.63. The lowest BCUT2D eigenvalue weighted by Gasteiger charge is -2.29. The van der Waals surface area contributed by atoms with Crippen LogP contribution in [-0.4, -0.2) is 12.0 Å². The van der Waals surface area contributed by atoms with Crippen molar-refractivity contribution in [2.75, 3.05) is 5.88 Å². The second-order valence-corrected chi connectivity index (χ2v) is 6.22. The predicted octanol–water partition coefficient (Wildman–Crippen LogP) is 4.73. The van der Waals surface area contributed by atoms with Gasteiger partial charge in [-0.15, -0.1) is 11.6 Å². The van der Waals surface area contributed by atoms with Gasteiger partial charge in [0, 0.05) is 12.3 Å². The van der Waals surface area contributed by atoms with E-state index in [-0.39, 0.29) is 5.41 Å². The summed E-state index contributed by atoms with van der Waals surface area (Å²) in [4.78, 5) is 0. The highest BCUT2D eigenvalue weighted by atomic mass is 35.5. The fraction of sp³-hybridized carbons (Fsp3) is 0.625. The first kappa shape index (κ1) is 13.7. The molecule has 1 aliphatic heterocycles. The molecule has 2 heteroatoms. The quantitative estimate of drug-likeness (QED) is 0.700. The number of alkyl halides is 1. The van der Waals surface area contributed by atoms with Gasteiger partial charge in [-0.25, -0.2) is 0 Å². The van der Waals surface area contributed by atoms with E-state index >= 15 is 0 Å². The van der Waals surface area contributed by atoms with Crippen LogP contribution in [0.2, 0.25) is 0 Å². The molecule has 0 saturated heterocycles. The van der Waals surface area contributed by atoms with E-state index in [1.54, 1.807) is 0 Å². The molecule has 0 radical (unpaired) electrons. The van der Waals surface area contributed by atoms with Crippen LogP contribution < -0.4 is 4.74 Å². The van der Waals surface area contributed by atoms with E-state index in [2.05, 4.69) is 39.0 Å². The first-order chi connectivity index (χ1) is 8.56. The van der Waals surface area contributed by atoms with Gasteiger partial charge in [-0.05, 0) is 36.8 Å². The number of rotatable bonds is 5. The summed E-state index contributed by atoms with van der Waals surface area (Å²) in [5.74, 6) is 1.79. The van der Waals surface area contributed by atoms with E-state index in [0.717, 1.165) is 24.5 Å². The Morgan fingerprint density at radius 3 is 2.89 bits per heavy atom. The maximum atomic E-state index is 6.15. The van der Waals surface area contributed by atoms with E-state index in [9.17, 15) is 0 Å². The number of aryl methyl sites for hydroxylation is 1. The zero-order valence-electron chi connectivity index (χ0n) is 11.6. The molecule has 2 unspecified atom stereocenters. The third-order valence-corrected chi connectivity index (χ3v) is 4.50. The lowest BCUT2D eigenvalue weighted by Crippen LogP contribution is -2.27. The molecule has 0 saturated carbocycles. The molecule has 0 bridgehead atoms. The largest absolute Gasteiger partial charge is 0.490 e. The Balaban J connectivity index is 2.02. The molecule has 100 valence electrons. The molecule has 1 aromatic carbocycles. The number of hydrogen-bond acceptors (Lipinski definition) is 1. The average Bonchev–Trinajstić information content (AvgIpc) is 2.70. The van der Waals surface area contributed by atoms with Crippen molar-refractivity contribution < 1.29 is 4.74 Å². The Labute approximate surface area is 115 Å².